The molecule has 4 aromatic rings. The molecule has 266 valence electrons. The standard InChI is InChI=1S/C16H17NO7S.C13H13NO5S.CH2O3.2K.H/c1-21-10-5-8-6-11(25-15(8)17-14(10)23-3)13(19)9(16(20)24-4)7-12(18)22-2;1-18-9-5-7-6-10(8(15)3-4-11(16)17)20-13(7)14-12(9)19-2;2-1-4-3;;;/h5-6,9H,7H2,1-4H3;5-6H,3-4H2,1-2H3,(H,16,17);1,3H;;;/q;;;2*+1;-1/p-1. The molecule has 0 amide bonds. The van der Waals surface area contributed by atoms with E-state index in [1.54, 1.807) is 24.3 Å². The fraction of sp³-hybridized carbons (Fsp3) is 0.333. The third-order valence-electron chi connectivity index (χ3n) is 6.23. The monoisotopic (exact) mass is 802 g/mol. The van der Waals surface area contributed by atoms with E-state index in [1.165, 1.54) is 46.9 Å². The molecule has 4 heterocycles. The third-order valence-corrected chi connectivity index (χ3v) is 8.38. The van der Waals surface area contributed by atoms with Gasteiger partial charge in [0.15, 0.2) is 23.1 Å². The van der Waals surface area contributed by atoms with Crippen LogP contribution < -0.4 is 127 Å². The molecule has 0 saturated heterocycles. The number of carbonyl (C=O) groups is 6. The smallest absolute Gasteiger partial charge is 1.00 e. The van der Waals surface area contributed by atoms with E-state index >= 15 is 0 Å². The summed E-state index contributed by atoms with van der Waals surface area (Å²) in [5.74, 6) is -2.90. The Morgan fingerprint density at radius 2 is 1.25 bits per heavy atom. The van der Waals surface area contributed by atoms with E-state index in [-0.39, 0.29) is 140 Å². The summed E-state index contributed by atoms with van der Waals surface area (Å²) < 4.78 is 29.7. The molecule has 0 radical (unpaired) electrons. The topological polar surface area (TPSA) is 236 Å². The Labute approximate surface area is 385 Å². The van der Waals surface area contributed by atoms with Crippen LogP contribution >= 0.6 is 22.7 Å². The third kappa shape index (κ3) is 14.3. The van der Waals surface area contributed by atoms with Crippen LogP contribution in [0.2, 0.25) is 0 Å². The summed E-state index contributed by atoms with van der Waals surface area (Å²) in [5, 5.41) is 18.5. The first-order valence-electron chi connectivity index (χ1n) is 13.6. The summed E-state index contributed by atoms with van der Waals surface area (Å²) in [6.45, 7) is -0.181. The van der Waals surface area contributed by atoms with Gasteiger partial charge in [-0.25, -0.2) is 0 Å². The number of rotatable bonds is 14. The Bertz CT molecular complexity index is 1740. The second kappa shape index (κ2) is 25.0. The largest absolute Gasteiger partial charge is 1.00 e. The Balaban J connectivity index is 0. The average Bonchev–Trinajstić information content (AvgIpc) is 3.74. The molecule has 17 nitrogen and oxygen atoms in total. The number of esters is 2. The van der Waals surface area contributed by atoms with Gasteiger partial charge in [-0.3, -0.25) is 28.8 Å². The van der Waals surface area contributed by atoms with Gasteiger partial charge in [0.05, 0.1) is 65.3 Å². The molecule has 4 rings (SSSR count). The van der Waals surface area contributed by atoms with Crippen LogP contribution in [0.25, 0.3) is 20.4 Å². The van der Waals surface area contributed by atoms with Crippen molar-refractivity contribution < 1.29 is 177 Å². The second-order valence-electron chi connectivity index (χ2n) is 9.14. The van der Waals surface area contributed by atoms with Gasteiger partial charge >= 0.3 is 121 Å². The summed E-state index contributed by atoms with van der Waals surface area (Å²) >= 11 is 2.31. The van der Waals surface area contributed by atoms with E-state index in [0.29, 0.717) is 37.3 Å². The second-order valence-corrected chi connectivity index (χ2v) is 11.2. The maximum absolute atomic E-state index is 12.7. The molecule has 0 saturated carbocycles. The number of Topliss-reactive ketones (excluding diaryl/α,β-unsaturated/α-hetero) is 2. The Morgan fingerprint density at radius 1 is 0.784 bits per heavy atom. The number of carbonyl (C=O) groups excluding carboxylic acids is 5. The van der Waals surface area contributed by atoms with E-state index in [2.05, 4.69) is 24.3 Å². The molecular formula is C30H32K2N2O15S2. The molecule has 21 heteroatoms. The van der Waals surface area contributed by atoms with E-state index < -0.39 is 36.0 Å². The van der Waals surface area contributed by atoms with E-state index in [9.17, 15) is 24.0 Å². The zero-order chi connectivity index (χ0) is 36.7. The molecule has 0 aliphatic rings. The fourth-order valence-corrected chi connectivity index (χ4v) is 5.88. The van der Waals surface area contributed by atoms with Gasteiger partial charge in [0.1, 0.15) is 15.6 Å². The van der Waals surface area contributed by atoms with Crippen molar-refractivity contribution in [3.8, 4) is 23.3 Å². The zero-order valence-electron chi connectivity index (χ0n) is 30.0. The number of thiophene rings is 2. The van der Waals surface area contributed by atoms with Gasteiger partial charge in [-0.2, -0.15) is 9.97 Å². The summed E-state index contributed by atoms with van der Waals surface area (Å²) in [5.41, 5.74) is 0. The number of carboxylic acids is 1. The number of ether oxygens (including phenoxy) is 6. The van der Waals surface area contributed by atoms with Crippen LogP contribution in [-0.4, -0.2) is 93.7 Å². The van der Waals surface area contributed by atoms with Gasteiger partial charge < -0.3 is 45.1 Å². The van der Waals surface area contributed by atoms with Crippen molar-refractivity contribution >= 4 is 79.1 Å². The number of aromatic nitrogens is 2. The molecule has 0 bridgehead atoms. The van der Waals surface area contributed by atoms with Crippen molar-refractivity contribution in [2.75, 3.05) is 42.7 Å². The Hall–Kier alpha value is -2.13. The molecule has 0 fully saturated rings. The zero-order valence-corrected chi connectivity index (χ0v) is 36.8. The maximum Gasteiger partial charge on any atom is 1.00 e. The summed E-state index contributed by atoms with van der Waals surface area (Å²) in [6.07, 6.45) is -0.583. The molecular weight excluding hydrogens is 771 g/mol. The van der Waals surface area contributed by atoms with Gasteiger partial charge in [-0.05, 0) is 24.3 Å². The fourth-order valence-electron chi connectivity index (χ4n) is 3.91. The van der Waals surface area contributed by atoms with Crippen LogP contribution in [0.4, 0.5) is 0 Å². The predicted molar refractivity (Wildman–Crippen MR) is 171 cm³/mol. The molecule has 1 atom stereocenters. The van der Waals surface area contributed by atoms with Crippen LogP contribution in [0.1, 0.15) is 40.0 Å². The normalized spacial score (nSPS) is 10.3. The van der Waals surface area contributed by atoms with Gasteiger partial charge in [-0.1, -0.05) is 0 Å². The molecule has 0 aliphatic heterocycles. The van der Waals surface area contributed by atoms with Crippen molar-refractivity contribution in [1.29, 1.82) is 0 Å². The molecule has 51 heavy (non-hydrogen) atoms. The molecule has 4 aromatic heterocycles. The summed E-state index contributed by atoms with van der Waals surface area (Å²) in [6, 6.07) is 6.71. The van der Waals surface area contributed by atoms with Crippen LogP contribution in [0.15, 0.2) is 24.3 Å². The van der Waals surface area contributed by atoms with Gasteiger partial charge in [0, 0.05) is 17.2 Å². The number of hydrogen-bond donors (Lipinski definition) is 1. The minimum atomic E-state index is -1.27. The first-order valence-corrected chi connectivity index (χ1v) is 15.3. The SMILES string of the molecule is COC(=O)CC(C(=O)OC)C(=O)c1cc2cc(OC)c(OC)nc2s1.COc1cc2cc(C(=O)CCC(=O)O)sc2nc1OC.O=CO[O-].[H-].[K+].[K+]. The first kappa shape index (κ1) is 48.9. The van der Waals surface area contributed by atoms with Crippen LogP contribution in [0.3, 0.4) is 0 Å². The summed E-state index contributed by atoms with van der Waals surface area (Å²) in [4.78, 5) is 80.2. The number of hydrogen-bond acceptors (Lipinski definition) is 18. The molecule has 1 N–H and O–H groups in total. The van der Waals surface area contributed by atoms with Gasteiger partial charge in [-0.15, -0.1) is 22.7 Å². The minimum absolute atomic E-state index is 0. The molecule has 0 aliphatic carbocycles. The number of fused-ring (bicyclic) bond motifs is 2. The molecule has 0 spiro atoms. The number of carboxylic acid groups (broad SMARTS) is 1. The van der Waals surface area contributed by atoms with E-state index in [0.717, 1.165) is 23.8 Å². The number of nitrogens with zero attached hydrogens (tertiary/aromatic N) is 2. The summed E-state index contributed by atoms with van der Waals surface area (Å²) in [7, 11) is 8.28. The number of pyridine rings is 2. The number of aliphatic carboxylic acids is 1. The quantitative estimate of drug-likeness (QED) is 0.0251. The first-order chi connectivity index (χ1) is 23.4. The van der Waals surface area contributed by atoms with Crippen LogP contribution in [-0.2, 0) is 33.5 Å². The average molecular weight is 803 g/mol. The van der Waals surface area contributed by atoms with Crippen LogP contribution in [0.5, 0.6) is 23.3 Å². The Morgan fingerprint density at radius 3 is 1.65 bits per heavy atom. The van der Waals surface area contributed by atoms with E-state index in [4.69, 9.17) is 34.1 Å². The molecule has 1 unspecified atom stereocenters. The van der Waals surface area contributed by atoms with Crippen molar-refractivity contribution in [3.63, 3.8) is 0 Å². The number of ketones is 2. The van der Waals surface area contributed by atoms with Crippen molar-refractivity contribution in [2.24, 2.45) is 5.92 Å². The maximum atomic E-state index is 12.7. The minimum Gasteiger partial charge on any atom is -1.00 e. The molecule has 0 aromatic carbocycles. The van der Waals surface area contributed by atoms with Crippen LogP contribution in [0, 0.1) is 5.92 Å². The Kier molecular flexibility index (Phi) is 23.9. The van der Waals surface area contributed by atoms with E-state index in [1.807, 2.05) is 0 Å². The predicted octanol–water partition coefficient (Wildman–Crippen LogP) is -3.24. The van der Waals surface area contributed by atoms with Crippen molar-refractivity contribution in [2.45, 2.75) is 19.3 Å². The van der Waals surface area contributed by atoms with Crippen molar-refractivity contribution in [1.82, 2.24) is 9.97 Å². The number of methoxy groups -OCH3 is 6. The van der Waals surface area contributed by atoms with Crippen molar-refractivity contribution in [3.05, 3.63) is 34.0 Å². The van der Waals surface area contributed by atoms with Gasteiger partial charge in [0.25, 0.3) is 18.2 Å². The van der Waals surface area contributed by atoms with Gasteiger partial charge in [0.2, 0.25) is 0 Å².